The molecule has 5 nitrogen and oxygen atoms in total. The maximum Gasteiger partial charge on any atom is 0.270 e. The maximum absolute atomic E-state index is 13.7. The molecule has 1 aromatic carbocycles. The number of nitrogens with zero attached hydrogens (tertiary/aromatic N) is 5. The minimum absolute atomic E-state index is 0.107. The molecule has 26 heavy (non-hydrogen) atoms. The number of pyridine rings is 1. The first kappa shape index (κ1) is 16.5. The Morgan fingerprint density at radius 3 is 2.54 bits per heavy atom. The molecule has 0 fully saturated rings. The third-order valence-electron chi connectivity index (χ3n) is 3.90. The van der Waals surface area contributed by atoms with Gasteiger partial charge in [-0.25, -0.2) is 13.8 Å². The molecule has 0 atom stereocenters. The Hall–Kier alpha value is -2.93. The van der Waals surface area contributed by atoms with Gasteiger partial charge in [0, 0.05) is 18.7 Å². The first-order chi connectivity index (χ1) is 12.4. The Kier molecular flexibility index (Phi) is 3.88. The molecule has 4 aromatic rings. The van der Waals surface area contributed by atoms with Gasteiger partial charge in [0.25, 0.3) is 5.92 Å². The van der Waals surface area contributed by atoms with E-state index in [1.54, 1.807) is 41.1 Å². The minimum Gasteiger partial charge on any atom is -0.273 e. The lowest BCUT2D eigenvalue weighted by Gasteiger charge is -2.10. The van der Waals surface area contributed by atoms with Gasteiger partial charge in [-0.2, -0.15) is 0 Å². The van der Waals surface area contributed by atoms with Crippen LogP contribution in [0.5, 0.6) is 0 Å². The number of halogens is 3. The molecule has 3 heterocycles. The van der Waals surface area contributed by atoms with Crippen molar-refractivity contribution in [3.63, 3.8) is 0 Å². The Labute approximate surface area is 152 Å². The number of benzene rings is 1. The SMILES string of the molecule is CC(F)(F)c1ccc2c(c1)nc(-c1ccccn1)n2-c1ccc(Cl)nn1. The van der Waals surface area contributed by atoms with E-state index in [0.29, 0.717) is 28.4 Å². The molecule has 0 aliphatic heterocycles. The van der Waals surface area contributed by atoms with E-state index in [0.717, 1.165) is 6.92 Å². The Balaban J connectivity index is 2.01. The molecule has 0 unspecified atom stereocenters. The van der Waals surface area contributed by atoms with Crippen molar-refractivity contribution in [2.24, 2.45) is 0 Å². The summed E-state index contributed by atoms with van der Waals surface area (Å²) in [5, 5.41) is 8.21. The third-order valence-corrected chi connectivity index (χ3v) is 4.10. The second-order valence-electron chi connectivity index (χ2n) is 5.79. The Bertz CT molecular complexity index is 1070. The van der Waals surface area contributed by atoms with E-state index in [1.807, 2.05) is 6.07 Å². The smallest absolute Gasteiger partial charge is 0.270 e. The molecule has 0 saturated heterocycles. The second-order valence-corrected chi connectivity index (χ2v) is 6.18. The Morgan fingerprint density at radius 2 is 1.88 bits per heavy atom. The van der Waals surface area contributed by atoms with Gasteiger partial charge in [0.2, 0.25) is 0 Å². The maximum atomic E-state index is 13.7. The van der Waals surface area contributed by atoms with E-state index in [1.165, 1.54) is 12.1 Å². The highest BCUT2D eigenvalue weighted by molar-refractivity contribution is 6.29. The summed E-state index contributed by atoms with van der Waals surface area (Å²) < 4.78 is 29.1. The fourth-order valence-electron chi connectivity index (χ4n) is 2.68. The van der Waals surface area contributed by atoms with Gasteiger partial charge in [-0.1, -0.05) is 23.7 Å². The zero-order chi connectivity index (χ0) is 18.3. The molecule has 0 radical (unpaired) electrons. The summed E-state index contributed by atoms with van der Waals surface area (Å²) in [7, 11) is 0. The lowest BCUT2D eigenvalue weighted by atomic mass is 10.1. The molecule has 8 heteroatoms. The summed E-state index contributed by atoms with van der Waals surface area (Å²) in [4.78, 5) is 8.84. The summed E-state index contributed by atoms with van der Waals surface area (Å²) >= 11 is 5.82. The number of hydrogen-bond donors (Lipinski definition) is 0. The number of alkyl halides is 2. The predicted octanol–water partition coefficient (Wildman–Crippen LogP) is 4.64. The second kappa shape index (κ2) is 6.10. The highest BCUT2D eigenvalue weighted by atomic mass is 35.5. The van der Waals surface area contributed by atoms with E-state index in [-0.39, 0.29) is 10.7 Å². The monoisotopic (exact) mass is 371 g/mol. The molecule has 0 aliphatic carbocycles. The highest BCUT2D eigenvalue weighted by Crippen LogP contribution is 2.32. The van der Waals surface area contributed by atoms with Crippen LogP contribution in [0.25, 0.3) is 28.4 Å². The van der Waals surface area contributed by atoms with Crippen LogP contribution in [0.4, 0.5) is 8.78 Å². The van der Waals surface area contributed by atoms with Crippen molar-refractivity contribution in [2.45, 2.75) is 12.8 Å². The van der Waals surface area contributed by atoms with Gasteiger partial charge in [0.15, 0.2) is 16.8 Å². The Morgan fingerprint density at radius 1 is 1.04 bits per heavy atom. The highest BCUT2D eigenvalue weighted by Gasteiger charge is 2.26. The van der Waals surface area contributed by atoms with Gasteiger partial charge in [0.05, 0.1) is 11.0 Å². The van der Waals surface area contributed by atoms with Crippen LogP contribution in [0, 0.1) is 0 Å². The number of fused-ring (bicyclic) bond motifs is 1. The molecule has 130 valence electrons. The van der Waals surface area contributed by atoms with Crippen LogP contribution >= 0.6 is 11.6 Å². The van der Waals surface area contributed by atoms with Crippen molar-refractivity contribution in [2.75, 3.05) is 0 Å². The molecule has 0 aliphatic rings. The molecule has 0 spiro atoms. The zero-order valence-electron chi connectivity index (χ0n) is 13.6. The summed E-state index contributed by atoms with van der Waals surface area (Å²) in [5.41, 5.74) is 1.52. The minimum atomic E-state index is -2.96. The van der Waals surface area contributed by atoms with Crippen molar-refractivity contribution in [3.8, 4) is 17.3 Å². The molecular weight excluding hydrogens is 360 g/mol. The normalized spacial score (nSPS) is 11.8. The van der Waals surface area contributed by atoms with Crippen molar-refractivity contribution in [1.82, 2.24) is 24.7 Å². The van der Waals surface area contributed by atoms with Crippen molar-refractivity contribution < 1.29 is 8.78 Å². The number of aromatic nitrogens is 5. The molecule has 0 amide bonds. The molecule has 0 saturated carbocycles. The predicted molar refractivity (Wildman–Crippen MR) is 94.5 cm³/mol. The standard InChI is InChI=1S/C18H12ClF2N5/c1-18(20,21)11-5-6-14-13(10-11)23-17(12-4-2-3-9-22-12)26(14)16-8-7-15(19)24-25-16/h2-10H,1H3. The first-order valence-corrected chi connectivity index (χ1v) is 8.13. The lowest BCUT2D eigenvalue weighted by molar-refractivity contribution is 0.0176. The summed E-state index contributed by atoms with van der Waals surface area (Å²) in [6.45, 7) is 0.857. The number of hydrogen-bond acceptors (Lipinski definition) is 4. The van der Waals surface area contributed by atoms with E-state index in [9.17, 15) is 8.78 Å². The topological polar surface area (TPSA) is 56.5 Å². The van der Waals surface area contributed by atoms with Crippen LogP contribution < -0.4 is 0 Å². The summed E-state index contributed by atoms with van der Waals surface area (Å²) in [6.07, 6.45) is 1.64. The lowest BCUT2D eigenvalue weighted by Crippen LogP contribution is -2.06. The first-order valence-electron chi connectivity index (χ1n) is 7.75. The van der Waals surface area contributed by atoms with Crippen LogP contribution in [-0.2, 0) is 5.92 Å². The fraction of sp³-hybridized carbons (Fsp3) is 0.111. The van der Waals surface area contributed by atoms with Crippen LogP contribution in [-0.4, -0.2) is 24.7 Å². The third kappa shape index (κ3) is 2.90. The van der Waals surface area contributed by atoms with Crippen LogP contribution in [0.2, 0.25) is 5.15 Å². The van der Waals surface area contributed by atoms with E-state index in [4.69, 9.17) is 11.6 Å². The quantitative estimate of drug-likeness (QED) is 0.526. The van der Waals surface area contributed by atoms with Crippen molar-refractivity contribution >= 4 is 22.6 Å². The van der Waals surface area contributed by atoms with Crippen LogP contribution in [0.1, 0.15) is 12.5 Å². The summed E-state index contributed by atoms with van der Waals surface area (Å²) in [6, 6.07) is 13.0. The van der Waals surface area contributed by atoms with Gasteiger partial charge in [-0.3, -0.25) is 9.55 Å². The zero-order valence-corrected chi connectivity index (χ0v) is 14.3. The van der Waals surface area contributed by atoms with Gasteiger partial charge < -0.3 is 0 Å². The van der Waals surface area contributed by atoms with Gasteiger partial charge in [-0.15, -0.1) is 10.2 Å². The van der Waals surface area contributed by atoms with Crippen LogP contribution in [0.3, 0.4) is 0 Å². The van der Waals surface area contributed by atoms with E-state index >= 15 is 0 Å². The average molecular weight is 372 g/mol. The fourth-order valence-corrected chi connectivity index (χ4v) is 2.78. The average Bonchev–Trinajstić information content (AvgIpc) is 3.01. The molecular formula is C18H12ClF2N5. The molecule has 0 N–H and O–H groups in total. The van der Waals surface area contributed by atoms with Crippen molar-refractivity contribution in [3.05, 3.63) is 65.4 Å². The molecule has 4 rings (SSSR count). The van der Waals surface area contributed by atoms with Gasteiger partial charge >= 0.3 is 0 Å². The van der Waals surface area contributed by atoms with Gasteiger partial charge in [-0.05, 0) is 36.4 Å². The largest absolute Gasteiger partial charge is 0.273 e. The van der Waals surface area contributed by atoms with E-state index in [2.05, 4.69) is 20.2 Å². The number of rotatable bonds is 3. The molecule has 3 aromatic heterocycles. The van der Waals surface area contributed by atoms with Gasteiger partial charge in [0.1, 0.15) is 5.69 Å². The molecule has 0 bridgehead atoms. The van der Waals surface area contributed by atoms with Crippen molar-refractivity contribution in [1.29, 1.82) is 0 Å². The van der Waals surface area contributed by atoms with E-state index < -0.39 is 5.92 Å². The number of imidazole rings is 1. The summed E-state index contributed by atoms with van der Waals surface area (Å²) in [5.74, 6) is -2.01. The van der Waals surface area contributed by atoms with Crippen LogP contribution in [0.15, 0.2) is 54.7 Å².